The van der Waals surface area contributed by atoms with Gasteiger partial charge in [-0.1, -0.05) is 18.2 Å². The zero-order valence-electron chi connectivity index (χ0n) is 15.6. The van der Waals surface area contributed by atoms with Crippen molar-refractivity contribution >= 4 is 10.9 Å². The molecule has 6 nitrogen and oxygen atoms in total. The van der Waals surface area contributed by atoms with Crippen molar-refractivity contribution in [3.8, 4) is 28.8 Å². The molecule has 0 saturated carbocycles. The predicted octanol–water partition coefficient (Wildman–Crippen LogP) is 4.29. The highest BCUT2D eigenvalue weighted by atomic mass is 16.5. The molecule has 2 heterocycles. The molecule has 140 valence electrons. The first-order valence-electron chi connectivity index (χ1n) is 8.79. The van der Waals surface area contributed by atoms with Crippen LogP contribution >= 0.6 is 0 Å². The monoisotopic (exact) mass is 373 g/mol. The zero-order chi connectivity index (χ0) is 19.3. The molecule has 6 heteroatoms. The van der Waals surface area contributed by atoms with Crippen LogP contribution in [0.15, 0.2) is 67.0 Å². The number of hydrogen-bond acceptors (Lipinski definition) is 6. The van der Waals surface area contributed by atoms with Crippen LogP contribution in [0.25, 0.3) is 22.3 Å². The van der Waals surface area contributed by atoms with Crippen LogP contribution in [-0.2, 0) is 6.61 Å². The van der Waals surface area contributed by atoms with Crippen molar-refractivity contribution in [2.45, 2.75) is 6.61 Å². The molecule has 0 N–H and O–H groups in total. The summed E-state index contributed by atoms with van der Waals surface area (Å²) in [5.74, 6) is 2.47. The van der Waals surface area contributed by atoms with Gasteiger partial charge < -0.3 is 14.2 Å². The van der Waals surface area contributed by atoms with Gasteiger partial charge in [-0.05, 0) is 42.0 Å². The first-order chi connectivity index (χ1) is 13.8. The normalized spacial score (nSPS) is 10.6. The number of ether oxygens (including phenoxy) is 3. The lowest BCUT2D eigenvalue weighted by molar-refractivity contribution is 0.296. The molecule has 0 fully saturated rings. The molecular weight excluding hydrogens is 354 g/mol. The lowest BCUT2D eigenvalue weighted by atomic mass is 10.2. The van der Waals surface area contributed by atoms with Crippen LogP contribution in [0.5, 0.6) is 17.4 Å². The van der Waals surface area contributed by atoms with Crippen molar-refractivity contribution in [2.24, 2.45) is 0 Å². The third-order valence-electron chi connectivity index (χ3n) is 4.33. The van der Waals surface area contributed by atoms with Gasteiger partial charge in [0.25, 0.3) is 0 Å². The van der Waals surface area contributed by atoms with Crippen LogP contribution in [0, 0.1) is 0 Å². The molecule has 4 aromatic rings. The summed E-state index contributed by atoms with van der Waals surface area (Å²) in [6.07, 6.45) is 3.44. The first-order valence-corrected chi connectivity index (χ1v) is 8.79. The van der Waals surface area contributed by atoms with Crippen molar-refractivity contribution in [1.29, 1.82) is 0 Å². The van der Waals surface area contributed by atoms with Crippen LogP contribution < -0.4 is 14.2 Å². The van der Waals surface area contributed by atoms with Crippen LogP contribution in [0.2, 0.25) is 0 Å². The number of nitrogens with zero attached hydrogens (tertiary/aromatic N) is 3. The fraction of sp³-hybridized carbons (Fsp3) is 0.136. The summed E-state index contributed by atoms with van der Waals surface area (Å²) in [4.78, 5) is 13.4. The summed E-state index contributed by atoms with van der Waals surface area (Å²) >= 11 is 0. The number of hydrogen-bond donors (Lipinski definition) is 0. The van der Waals surface area contributed by atoms with Gasteiger partial charge in [0.2, 0.25) is 5.88 Å². The number of para-hydroxylation sites is 1. The van der Waals surface area contributed by atoms with Gasteiger partial charge in [0, 0.05) is 18.0 Å². The number of benzene rings is 2. The van der Waals surface area contributed by atoms with Crippen LogP contribution in [0.1, 0.15) is 5.56 Å². The molecule has 0 aliphatic rings. The molecular formula is C22H19N3O3. The molecule has 0 saturated heterocycles. The van der Waals surface area contributed by atoms with Crippen molar-refractivity contribution in [2.75, 3.05) is 14.2 Å². The van der Waals surface area contributed by atoms with E-state index in [1.165, 1.54) is 0 Å². The van der Waals surface area contributed by atoms with E-state index >= 15 is 0 Å². The molecule has 0 amide bonds. The summed E-state index contributed by atoms with van der Waals surface area (Å²) < 4.78 is 16.7. The third kappa shape index (κ3) is 3.57. The third-order valence-corrected chi connectivity index (χ3v) is 4.33. The number of pyridine rings is 1. The summed E-state index contributed by atoms with van der Waals surface area (Å²) in [7, 11) is 3.23. The van der Waals surface area contributed by atoms with Crippen molar-refractivity contribution < 1.29 is 14.2 Å². The second-order valence-corrected chi connectivity index (χ2v) is 6.08. The van der Waals surface area contributed by atoms with E-state index in [0.29, 0.717) is 29.8 Å². The Kier molecular flexibility index (Phi) is 5.01. The topological polar surface area (TPSA) is 66.4 Å². The maximum Gasteiger partial charge on any atom is 0.225 e. The van der Waals surface area contributed by atoms with E-state index in [4.69, 9.17) is 14.2 Å². The molecule has 0 spiro atoms. The Labute approximate surface area is 162 Å². The molecule has 28 heavy (non-hydrogen) atoms. The summed E-state index contributed by atoms with van der Waals surface area (Å²) in [5.41, 5.74) is 2.66. The quantitative estimate of drug-likeness (QED) is 0.502. The number of rotatable bonds is 6. The summed E-state index contributed by atoms with van der Waals surface area (Å²) in [5, 5.41) is 0.862. The largest absolute Gasteiger partial charge is 0.493 e. The Morgan fingerprint density at radius 1 is 0.821 bits per heavy atom. The van der Waals surface area contributed by atoms with Gasteiger partial charge >= 0.3 is 0 Å². The standard InChI is InChI=1S/C22H19N3O3/c1-26-19-8-7-15(13-20(19)27-2)14-28-22-17-5-3-4-6-18(17)24-21(25-22)16-9-11-23-12-10-16/h3-13H,14H2,1-2H3. The van der Waals surface area contributed by atoms with Crippen molar-refractivity contribution in [3.05, 3.63) is 72.6 Å². The summed E-state index contributed by atoms with van der Waals surface area (Å²) in [6, 6.07) is 17.2. The maximum absolute atomic E-state index is 6.08. The fourth-order valence-electron chi connectivity index (χ4n) is 2.91. The van der Waals surface area contributed by atoms with E-state index in [2.05, 4.69) is 15.0 Å². The van der Waals surface area contributed by atoms with Gasteiger partial charge in [0.15, 0.2) is 17.3 Å². The van der Waals surface area contributed by atoms with E-state index in [9.17, 15) is 0 Å². The lowest BCUT2D eigenvalue weighted by Crippen LogP contribution is -2.01. The Morgan fingerprint density at radius 2 is 1.61 bits per heavy atom. The van der Waals surface area contributed by atoms with E-state index < -0.39 is 0 Å². The van der Waals surface area contributed by atoms with Crippen LogP contribution in [0.3, 0.4) is 0 Å². The molecule has 2 aromatic carbocycles. The minimum atomic E-state index is 0.344. The highest BCUT2D eigenvalue weighted by Crippen LogP contribution is 2.30. The van der Waals surface area contributed by atoms with E-state index in [0.717, 1.165) is 22.0 Å². The Bertz CT molecular complexity index is 1100. The Morgan fingerprint density at radius 3 is 2.39 bits per heavy atom. The Hall–Kier alpha value is -3.67. The van der Waals surface area contributed by atoms with Gasteiger partial charge in [-0.25, -0.2) is 4.98 Å². The van der Waals surface area contributed by atoms with Crippen LogP contribution in [0.4, 0.5) is 0 Å². The number of fused-ring (bicyclic) bond motifs is 1. The highest BCUT2D eigenvalue weighted by molar-refractivity contribution is 5.85. The second kappa shape index (κ2) is 7.92. The average molecular weight is 373 g/mol. The first kappa shape index (κ1) is 17.7. The predicted molar refractivity (Wildman–Crippen MR) is 107 cm³/mol. The molecule has 0 bridgehead atoms. The van der Waals surface area contributed by atoms with E-state index in [1.54, 1.807) is 26.6 Å². The Balaban J connectivity index is 1.68. The lowest BCUT2D eigenvalue weighted by Gasteiger charge is -2.12. The highest BCUT2D eigenvalue weighted by Gasteiger charge is 2.11. The SMILES string of the molecule is COc1ccc(COc2nc(-c3ccncc3)nc3ccccc23)cc1OC. The van der Waals surface area contributed by atoms with Gasteiger partial charge in [-0.2, -0.15) is 4.98 Å². The number of methoxy groups -OCH3 is 2. The van der Waals surface area contributed by atoms with E-state index in [-0.39, 0.29) is 0 Å². The van der Waals surface area contributed by atoms with Crippen molar-refractivity contribution in [1.82, 2.24) is 15.0 Å². The molecule has 0 aliphatic heterocycles. The second-order valence-electron chi connectivity index (χ2n) is 6.08. The smallest absolute Gasteiger partial charge is 0.225 e. The molecule has 0 aliphatic carbocycles. The molecule has 0 atom stereocenters. The van der Waals surface area contributed by atoms with Gasteiger partial charge in [0.05, 0.1) is 25.1 Å². The average Bonchev–Trinajstić information content (AvgIpc) is 2.77. The van der Waals surface area contributed by atoms with Gasteiger partial charge in [0.1, 0.15) is 6.61 Å². The minimum Gasteiger partial charge on any atom is -0.493 e. The molecule has 0 radical (unpaired) electrons. The fourth-order valence-corrected chi connectivity index (χ4v) is 2.91. The molecule has 4 rings (SSSR count). The molecule has 2 aromatic heterocycles. The van der Waals surface area contributed by atoms with E-state index in [1.807, 2.05) is 54.6 Å². The minimum absolute atomic E-state index is 0.344. The van der Waals surface area contributed by atoms with Gasteiger partial charge in [-0.3, -0.25) is 4.98 Å². The molecule has 0 unspecified atom stereocenters. The van der Waals surface area contributed by atoms with Crippen LogP contribution in [-0.4, -0.2) is 29.2 Å². The summed E-state index contributed by atoms with van der Waals surface area (Å²) in [6.45, 7) is 0.344. The maximum atomic E-state index is 6.08. The number of aromatic nitrogens is 3. The zero-order valence-corrected chi connectivity index (χ0v) is 15.6. The van der Waals surface area contributed by atoms with Crippen molar-refractivity contribution in [3.63, 3.8) is 0 Å². The van der Waals surface area contributed by atoms with Gasteiger partial charge in [-0.15, -0.1) is 0 Å².